The minimum absolute atomic E-state index is 0.238. The molecule has 104 valence electrons. The first-order valence-electron chi connectivity index (χ1n) is 6.93. The highest BCUT2D eigenvalue weighted by Gasteiger charge is 2.17. The molecule has 0 aliphatic rings. The second-order valence-electron chi connectivity index (χ2n) is 4.82. The normalized spacial score (nSPS) is 13.1. The van der Waals surface area contributed by atoms with E-state index >= 15 is 0 Å². The quantitative estimate of drug-likeness (QED) is 0.702. The number of hydrogen-bond acceptors (Lipinski definition) is 1. The average molecular weight is 283 g/mol. The summed E-state index contributed by atoms with van der Waals surface area (Å²) in [6, 6.07) is 5.25. The molecule has 1 unspecified atom stereocenters. The maximum absolute atomic E-state index is 13.3. The molecule has 0 bridgehead atoms. The third-order valence-electron chi connectivity index (χ3n) is 3.50. The van der Waals surface area contributed by atoms with E-state index in [9.17, 15) is 4.39 Å². The first-order valence-corrected chi connectivity index (χ1v) is 7.47. The Hall–Kier alpha value is -1.09. The van der Waals surface area contributed by atoms with Gasteiger partial charge in [-0.2, -0.15) is 0 Å². The molecule has 0 amide bonds. The van der Waals surface area contributed by atoms with Crippen LogP contribution >= 0.6 is 11.6 Å². The molecular weight excluding hydrogens is 263 g/mol. The maximum atomic E-state index is 13.3. The standard InChI is InChI=1S/C15H20ClFN2/c1-3-5-12(4-2)19-14-7-6-11(17)10-13(14)18-15(19)8-9-16/h6-7,10,12H,3-5,8-9H2,1-2H3. The Balaban J connectivity index is 2.56. The molecule has 0 saturated heterocycles. The van der Waals surface area contributed by atoms with Gasteiger partial charge in [-0.15, -0.1) is 11.6 Å². The van der Waals surface area contributed by atoms with E-state index in [1.807, 2.05) is 6.07 Å². The fraction of sp³-hybridized carbons (Fsp3) is 0.533. The van der Waals surface area contributed by atoms with Crippen LogP contribution in [0.25, 0.3) is 11.0 Å². The van der Waals surface area contributed by atoms with Crippen LogP contribution in [0.15, 0.2) is 18.2 Å². The van der Waals surface area contributed by atoms with Crippen LogP contribution in [-0.2, 0) is 6.42 Å². The van der Waals surface area contributed by atoms with Crippen molar-refractivity contribution in [3.05, 3.63) is 29.8 Å². The van der Waals surface area contributed by atoms with Crippen LogP contribution in [0.1, 0.15) is 45.0 Å². The highest BCUT2D eigenvalue weighted by atomic mass is 35.5. The summed E-state index contributed by atoms with van der Waals surface area (Å²) in [6.45, 7) is 4.36. The van der Waals surface area contributed by atoms with Gasteiger partial charge >= 0.3 is 0 Å². The van der Waals surface area contributed by atoms with Gasteiger partial charge in [-0.1, -0.05) is 20.3 Å². The summed E-state index contributed by atoms with van der Waals surface area (Å²) < 4.78 is 15.6. The number of fused-ring (bicyclic) bond motifs is 1. The van der Waals surface area contributed by atoms with Crippen molar-refractivity contribution in [2.45, 2.75) is 45.6 Å². The number of imidazole rings is 1. The minimum Gasteiger partial charge on any atom is -0.325 e. The smallest absolute Gasteiger partial charge is 0.125 e. The summed E-state index contributed by atoms with van der Waals surface area (Å²) in [7, 11) is 0. The number of hydrogen-bond donors (Lipinski definition) is 0. The predicted molar refractivity (Wildman–Crippen MR) is 78.4 cm³/mol. The number of aromatic nitrogens is 2. The number of aryl methyl sites for hydroxylation is 1. The zero-order valence-electron chi connectivity index (χ0n) is 11.5. The molecule has 0 fully saturated rings. The first-order chi connectivity index (χ1) is 9.21. The predicted octanol–water partition coefficient (Wildman–Crippen LogP) is 4.71. The van der Waals surface area contributed by atoms with E-state index in [4.69, 9.17) is 11.6 Å². The van der Waals surface area contributed by atoms with E-state index in [0.29, 0.717) is 11.9 Å². The van der Waals surface area contributed by atoms with E-state index < -0.39 is 0 Å². The molecule has 0 aliphatic heterocycles. The number of alkyl halides is 1. The van der Waals surface area contributed by atoms with Crippen molar-refractivity contribution in [2.75, 3.05) is 5.88 Å². The van der Waals surface area contributed by atoms with E-state index in [0.717, 1.165) is 42.5 Å². The average Bonchev–Trinajstić information content (AvgIpc) is 2.73. The Bertz CT molecular complexity index is 550. The van der Waals surface area contributed by atoms with Crippen LogP contribution in [0.3, 0.4) is 0 Å². The second kappa shape index (κ2) is 6.38. The molecule has 1 aromatic carbocycles. The monoisotopic (exact) mass is 282 g/mol. The molecule has 2 aromatic rings. The van der Waals surface area contributed by atoms with Gasteiger partial charge in [-0.25, -0.2) is 9.37 Å². The van der Waals surface area contributed by atoms with Crippen molar-refractivity contribution in [3.8, 4) is 0 Å². The van der Waals surface area contributed by atoms with Crippen LogP contribution in [-0.4, -0.2) is 15.4 Å². The molecule has 0 aliphatic carbocycles. The highest BCUT2D eigenvalue weighted by Crippen LogP contribution is 2.27. The van der Waals surface area contributed by atoms with Gasteiger partial charge < -0.3 is 4.57 Å². The molecule has 1 atom stereocenters. The van der Waals surface area contributed by atoms with Gasteiger partial charge in [0, 0.05) is 24.4 Å². The number of rotatable bonds is 6. The summed E-state index contributed by atoms with van der Waals surface area (Å²) in [5.41, 5.74) is 1.75. The largest absolute Gasteiger partial charge is 0.325 e. The van der Waals surface area contributed by atoms with Crippen LogP contribution in [0.4, 0.5) is 4.39 Å². The van der Waals surface area contributed by atoms with Gasteiger partial charge in [0.2, 0.25) is 0 Å². The lowest BCUT2D eigenvalue weighted by atomic mass is 10.1. The van der Waals surface area contributed by atoms with E-state index in [1.165, 1.54) is 12.1 Å². The van der Waals surface area contributed by atoms with Gasteiger partial charge in [0.25, 0.3) is 0 Å². The van der Waals surface area contributed by atoms with Crippen molar-refractivity contribution < 1.29 is 4.39 Å². The van der Waals surface area contributed by atoms with Gasteiger partial charge in [0.1, 0.15) is 11.6 Å². The summed E-state index contributed by atoms with van der Waals surface area (Å²) in [4.78, 5) is 4.55. The molecule has 0 radical (unpaired) electrons. The van der Waals surface area contributed by atoms with Crippen LogP contribution in [0, 0.1) is 5.82 Å². The van der Waals surface area contributed by atoms with Crippen molar-refractivity contribution in [3.63, 3.8) is 0 Å². The number of benzene rings is 1. The van der Waals surface area contributed by atoms with E-state index in [2.05, 4.69) is 23.4 Å². The van der Waals surface area contributed by atoms with Gasteiger partial charge in [0.05, 0.1) is 11.0 Å². The van der Waals surface area contributed by atoms with E-state index in [1.54, 1.807) is 0 Å². The lowest BCUT2D eigenvalue weighted by Gasteiger charge is -2.19. The fourth-order valence-corrected chi connectivity index (χ4v) is 2.81. The summed E-state index contributed by atoms with van der Waals surface area (Å²) >= 11 is 5.86. The zero-order valence-corrected chi connectivity index (χ0v) is 12.3. The molecule has 4 heteroatoms. The van der Waals surface area contributed by atoms with Crippen molar-refractivity contribution in [2.24, 2.45) is 0 Å². The number of nitrogens with zero attached hydrogens (tertiary/aromatic N) is 2. The van der Waals surface area contributed by atoms with Crippen molar-refractivity contribution in [1.82, 2.24) is 9.55 Å². The Labute approximate surface area is 118 Å². The molecule has 1 heterocycles. The third-order valence-corrected chi connectivity index (χ3v) is 3.69. The maximum Gasteiger partial charge on any atom is 0.125 e. The molecule has 0 N–H and O–H groups in total. The molecule has 19 heavy (non-hydrogen) atoms. The topological polar surface area (TPSA) is 17.8 Å². The minimum atomic E-state index is -0.238. The fourth-order valence-electron chi connectivity index (χ4n) is 2.64. The highest BCUT2D eigenvalue weighted by molar-refractivity contribution is 6.17. The number of halogens is 2. The van der Waals surface area contributed by atoms with Crippen LogP contribution in [0.5, 0.6) is 0 Å². The Morgan fingerprint density at radius 2 is 2.16 bits per heavy atom. The lowest BCUT2D eigenvalue weighted by Crippen LogP contribution is -2.12. The van der Waals surface area contributed by atoms with Gasteiger partial charge in [-0.3, -0.25) is 0 Å². The van der Waals surface area contributed by atoms with Crippen molar-refractivity contribution >= 4 is 22.6 Å². The Morgan fingerprint density at radius 3 is 2.79 bits per heavy atom. The third kappa shape index (κ3) is 2.92. The summed E-state index contributed by atoms with van der Waals surface area (Å²) in [6.07, 6.45) is 4.00. The van der Waals surface area contributed by atoms with Gasteiger partial charge in [-0.05, 0) is 25.0 Å². The lowest BCUT2D eigenvalue weighted by molar-refractivity contribution is 0.445. The molecule has 1 aromatic heterocycles. The molecular formula is C15H20ClFN2. The molecule has 0 saturated carbocycles. The summed E-state index contributed by atoms with van der Waals surface area (Å²) in [5, 5.41) is 0. The van der Waals surface area contributed by atoms with Gasteiger partial charge in [0.15, 0.2) is 0 Å². The molecule has 2 nitrogen and oxygen atoms in total. The van der Waals surface area contributed by atoms with Crippen LogP contribution < -0.4 is 0 Å². The summed E-state index contributed by atoms with van der Waals surface area (Å²) in [5.74, 6) is 1.27. The second-order valence-corrected chi connectivity index (χ2v) is 5.20. The van der Waals surface area contributed by atoms with Crippen LogP contribution in [0.2, 0.25) is 0 Å². The van der Waals surface area contributed by atoms with E-state index in [-0.39, 0.29) is 5.82 Å². The molecule has 2 rings (SSSR count). The SMILES string of the molecule is CCCC(CC)n1c(CCCl)nc2cc(F)ccc21. The zero-order chi connectivity index (χ0) is 13.8. The Morgan fingerprint density at radius 1 is 1.37 bits per heavy atom. The Kier molecular flexibility index (Phi) is 4.81. The molecule has 0 spiro atoms. The van der Waals surface area contributed by atoms with Crippen molar-refractivity contribution in [1.29, 1.82) is 0 Å². The first kappa shape index (κ1) is 14.3.